The summed E-state index contributed by atoms with van der Waals surface area (Å²) in [6, 6.07) is 8.21. The van der Waals surface area contributed by atoms with Crippen molar-refractivity contribution in [3.05, 3.63) is 75.7 Å². The zero-order chi connectivity index (χ0) is 25.4. The monoisotopic (exact) mass is 568 g/mol. The Kier molecular flexibility index (Phi) is 8.88. The van der Waals surface area contributed by atoms with E-state index in [-0.39, 0.29) is 12.1 Å². The second kappa shape index (κ2) is 11.8. The van der Waals surface area contributed by atoms with Gasteiger partial charge < -0.3 is 14.8 Å². The number of alkyl halides is 3. The molecule has 0 unspecified atom stereocenters. The first-order valence-corrected chi connectivity index (χ1v) is 11.7. The molecule has 2 N–H and O–H groups in total. The summed E-state index contributed by atoms with van der Waals surface area (Å²) >= 11 is 4.60. The molecular weight excluding hydrogens is 549 g/mol. The summed E-state index contributed by atoms with van der Waals surface area (Å²) in [7, 11) is 1.51. The first-order chi connectivity index (χ1) is 16.7. The van der Waals surface area contributed by atoms with Gasteiger partial charge in [-0.2, -0.15) is 18.3 Å². The molecule has 35 heavy (non-hydrogen) atoms. The number of thiazole rings is 1. The molecule has 12 heteroatoms. The molecule has 0 fully saturated rings. The van der Waals surface area contributed by atoms with Crippen LogP contribution in [0.1, 0.15) is 16.8 Å². The van der Waals surface area contributed by atoms with Crippen LogP contribution in [0, 0.1) is 0 Å². The van der Waals surface area contributed by atoms with Crippen LogP contribution in [0.2, 0.25) is 0 Å². The number of nitrogens with zero attached hydrogens (tertiary/aromatic N) is 2. The number of benzene rings is 2. The Morgan fingerprint density at radius 2 is 2.09 bits per heavy atom. The molecule has 2 aromatic carbocycles. The minimum absolute atomic E-state index is 0.0586. The summed E-state index contributed by atoms with van der Waals surface area (Å²) < 4.78 is 50.1. The fraction of sp³-hybridized carbons (Fsp3) is 0.174. The first kappa shape index (κ1) is 26.2. The number of nitrogens with one attached hydrogen (secondary N) is 2. The van der Waals surface area contributed by atoms with Crippen LogP contribution in [-0.4, -0.2) is 30.8 Å². The summed E-state index contributed by atoms with van der Waals surface area (Å²) in [5, 5.41) is 8.79. The highest BCUT2D eigenvalue weighted by molar-refractivity contribution is 9.10. The molecule has 0 saturated carbocycles. The van der Waals surface area contributed by atoms with Gasteiger partial charge in [0.05, 0.1) is 31.0 Å². The summed E-state index contributed by atoms with van der Waals surface area (Å²) in [5.41, 5.74) is 3.00. The van der Waals surface area contributed by atoms with E-state index in [0.29, 0.717) is 39.0 Å². The van der Waals surface area contributed by atoms with Crippen molar-refractivity contribution in [2.75, 3.05) is 19.0 Å². The van der Waals surface area contributed by atoms with Crippen molar-refractivity contribution in [3.63, 3.8) is 0 Å². The summed E-state index contributed by atoms with van der Waals surface area (Å²) in [6.45, 7) is 3.93. The van der Waals surface area contributed by atoms with Crippen molar-refractivity contribution in [2.24, 2.45) is 5.10 Å². The SMILES string of the molecule is C=CCOc1cc(Br)c(/C=N\NC(=O)Cc2csc(Nc3cccc(C(F)(F)F)c3)n2)cc1OC. The van der Waals surface area contributed by atoms with Gasteiger partial charge in [-0.05, 0) is 46.3 Å². The van der Waals surface area contributed by atoms with Gasteiger partial charge in [0.15, 0.2) is 16.6 Å². The number of hydrazone groups is 1. The van der Waals surface area contributed by atoms with E-state index < -0.39 is 17.6 Å². The number of hydrogen-bond donors (Lipinski definition) is 2. The van der Waals surface area contributed by atoms with Crippen molar-refractivity contribution in [2.45, 2.75) is 12.6 Å². The largest absolute Gasteiger partial charge is 0.493 e. The number of aromatic nitrogens is 1. The molecule has 0 aliphatic carbocycles. The van der Waals surface area contributed by atoms with Crippen LogP contribution < -0.4 is 20.2 Å². The number of amides is 1. The van der Waals surface area contributed by atoms with Crippen molar-refractivity contribution in [1.29, 1.82) is 0 Å². The summed E-state index contributed by atoms with van der Waals surface area (Å²) in [5.74, 6) is 0.607. The van der Waals surface area contributed by atoms with Gasteiger partial charge in [0.2, 0.25) is 5.91 Å². The Morgan fingerprint density at radius 1 is 1.29 bits per heavy atom. The molecule has 3 aromatic rings. The molecular formula is C23H20BrF3N4O3S. The Hall–Kier alpha value is -3.38. The van der Waals surface area contributed by atoms with Crippen LogP contribution in [0.25, 0.3) is 0 Å². The van der Waals surface area contributed by atoms with E-state index in [1.165, 1.54) is 36.8 Å². The van der Waals surface area contributed by atoms with E-state index in [2.05, 4.69) is 43.3 Å². The summed E-state index contributed by atoms with van der Waals surface area (Å²) in [4.78, 5) is 16.5. The molecule has 0 bridgehead atoms. The van der Waals surface area contributed by atoms with Crippen LogP contribution in [-0.2, 0) is 17.4 Å². The van der Waals surface area contributed by atoms with Crippen molar-refractivity contribution < 1.29 is 27.4 Å². The fourth-order valence-corrected chi connectivity index (χ4v) is 3.95. The Bertz CT molecular complexity index is 1230. The number of anilines is 2. The lowest BCUT2D eigenvalue weighted by atomic mass is 10.2. The van der Waals surface area contributed by atoms with Gasteiger partial charge >= 0.3 is 6.18 Å². The lowest BCUT2D eigenvalue weighted by molar-refractivity contribution is -0.137. The molecule has 184 valence electrons. The third-order valence-electron chi connectivity index (χ3n) is 4.37. The molecule has 0 aliphatic heterocycles. The fourth-order valence-electron chi connectivity index (χ4n) is 2.79. The molecule has 0 aliphatic rings. The Balaban J connectivity index is 1.58. The van der Waals surface area contributed by atoms with E-state index in [0.717, 1.165) is 12.1 Å². The van der Waals surface area contributed by atoms with Gasteiger partial charge in [-0.3, -0.25) is 4.79 Å². The second-order valence-corrected chi connectivity index (χ2v) is 8.65. The smallest absolute Gasteiger partial charge is 0.416 e. The molecule has 0 atom stereocenters. The van der Waals surface area contributed by atoms with Crippen molar-refractivity contribution in [1.82, 2.24) is 10.4 Å². The van der Waals surface area contributed by atoms with Crippen LogP contribution in [0.5, 0.6) is 11.5 Å². The molecule has 0 radical (unpaired) electrons. The van der Waals surface area contributed by atoms with Crippen LogP contribution >= 0.6 is 27.3 Å². The number of rotatable bonds is 10. The van der Waals surface area contributed by atoms with Gasteiger partial charge in [-0.1, -0.05) is 18.7 Å². The number of ether oxygens (including phenoxy) is 2. The minimum Gasteiger partial charge on any atom is -0.493 e. The highest BCUT2D eigenvalue weighted by Gasteiger charge is 2.30. The number of carbonyl (C=O) groups excluding carboxylic acids is 1. The topological polar surface area (TPSA) is 84.8 Å². The lowest BCUT2D eigenvalue weighted by Crippen LogP contribution is -2.20. The van der Waals surface area contributed by atoms with Crippen LogP contribution in [0.4, 0.5) is 24.0 Å². The van der Waals surface area contributed by atoms with Crippen LogP contribution in [0.3, 0.4) is 0 Å². The zero-order valence-corrected chi connectivity index (χ0v) is 20.8. The van der Waals surface area contributed by atoms with E-state index in [1.807, 2.05) is 0 Å². The van der Waals surface area contributed by atoms with Crippen molar-refractivity contribution in [3.8, 4) is 11.5 Å². The van der Waals surface area contributed by atoms with E-state index in [1.54, 1.807) is 23.6 Å². The molecule has 3 rings (SSSR count). The molecule has 1 amide bonds. The zero-order valence-electron chi connectivity index (χ0n) is 18.4. The van der Waals surface area contributed by atoms with Gasteiger partial charge in [-0.15, -0.1) is 11.3 Å². The lowest BCUT2D eigenvalue weighted by Gasteiger charge is -2.11. The summed E-state index contributed by atoms with van der Waals surface area (Å²) in [6.07, 6.45) is -1.43. The molecule has 0 spiro atoms. The third kappa shape index (κ3) is 7.55. The maximum atomic E-state index is 12.9. The highest BCUT2D eigenvalue weighted by atomic mass is 79.9. The van der Waals surface area contributed by atoms with E-state index >= 15 is 0 Å². The molecule has 0 saturated heterocycles. The first-order valence-electron chi connectivity index (χ1n) is 10.0. The van der Waals surface area contributed by atoms with Gasteiger partial charge in [-0.25, -0.2) is 10.4 Å². The van der Waals surface area contributed by atoms with Gasteiger partial charge in [0.1, 0.15) is 6.61 Å². The average molecular weight is 569 g/mol. The average Bonchev–Trinajstić information content (AvgIpc) is 3.24. The second-order valence-electron chi connectivity index (χ2n) is 6.94. The highest BCUT2D eigenvalue weighted by Crippen LogP contribution is 2.33. The van der Waals surface area contributed by atoms with Crippen LogP contribution in [0.15, 0.2) is 64.0 Å². The minimum atomic E-state index is -4.44. The van der Waals surface area contributed by atoms with Gasteiger partial charge in [0, 0.05) is 21.1 Å². The Labute approximate surface area is 211 Å². The predicted molar refractivity (Wildman–Crippen MR) is 133 cm³/mol. The number of hydrogen-bond acceptors (Lipinski definition) is 7. The molecule has 1 aromatic heterocycles. The van der Waals surface area contributed by atoms with E-state index in [4.69, 9.17) is 9.47 Å². The normalized spacial score (nSPS) is 11.3. The maximum Gasteiger partial charge on any atom is 0.416 e. The quantitative estimate of drug-likeness (QED) is 0.180. The van der Waals surface area contributed by atoms with Gasteiger partial charge in [0.25, 0.3) is 0 Å². The predicted octanol–water partition coefficient (Wildman–Crippen LogP) is 5.93. The third-order valence-corrected chi connectivity index (χ3v) is 5.86. The van der Waals surface area contributed by atoms with E-state index in [9.17, 15) is 18.0 Å². The molecule has 1 heterocycles. The maximum absolute atomic E-state index is 12.9. The van der Waals surface area contributed by atoms with Crippen molar-refractivity contribution >= 4 is 50.2 Å². The number of methoxy groups -OCH3 is 1. The number of carbonyl (C=O) groups is 1. The standard InChI is InChI=1S/C23H20BrF3N4O3S/c1-3-7-34-20-11-18(24)14(8-19(20)33-2)12-28-31-21(32)10-17-13-35-22(30-17)29-16-6-4-5-15(9-16)23(25,26)27/h3-6,8-9,11-13H,1,7,10H2,2H3,(H,29,30)(H,31,32)/b28-12-. The Morgan fingerprint density at radius 3 is 2.80 bits per heavy atom. The number of halogens is 4. The molecule has 7 nitrogen and oxygen atoms in total.